The highest BCUT2D eigenvalue weighted by Crippen LogP contribution is 2.28. The molecule has 1 nitrogen and oxygen atoms in total. The second-order valence-corrected chi connectivity index (χ2v) is 5.72. The van der Waals surface area contributed by atoms with E-state index in [1.54, 1.807) is 17.4 Å². The van der Waals surface area contributed by atoms with Gasteiger partial charge in [-0.25, -0.2) is 8.78 Å². The molecule has 1 atom stereocenters. The lowest BCUT2D eigenvalue weighted by atomic mass is 10.0. The van der Waals surface area contributed by atoms with E-state index in [0.717, 1.165) is 16.5 Å². The normalized spacial score (nSPS) is 12.7. The van der Waals surface area contributed by atoms with Crippen molar-refractivity contribution in [1.29, 1.82) is 0 Å². The van der Waals surface area contributed by atoms with Gasteiger partial charge in [0.05, 0.1) is 0 Å². The number of rotatable bonds is 3. The van der Waals surface area contributed by atoms with Crippen molar-refractivity contribution in [3.8, 4) is 0 Å². The highest BCUT2D eigenvalue weighted by atomic mass is 32.1. The number of thiophene rings is 1. The molecule has 0 radical (unpaired) electrons. The molecule has 0 aliphatic rings. The zero-order valence-corrected chi connectivity index (χ0v) is 11.2. The predicted octanol–water partition coefficient (Wildman–Crippen LogP) is 3.89. The Morgan fingerprint density at radius 3 is 2.61 bits per heavy atom. The molecule has 1 aromatic carbocycles. The van der Waals surface area contributed by atoms with Crippen LogP contribution in [0.15, 0.2) is 24.3 Å². The van der Waals surface area contributed by atoms with E-state index in [1.807, 2.05) is 13.8 Å². The SMILES string of the molecule is Cc1cc(C)c(C(N)Cc2cccc(F)c2F)s1. The minimum atomic E-state index is -0.821. The minimum Gasteiger partial charge on any atom is -0.323 e. The Morgan fingerprint density at radius 1 is 1.28 bits per heavy atom. The van der Waals surface area contributed by atoms with Crippen LogP contribution in [0.2, 0.25) is 0 Å². The van der Waals surface area contributed by atoms with Gasteiger partial charge in [0.2, 0.25) is 0 Å². The summed E-state index contributed by atoms with van der Waals surface area (Å²) in [5.74, 6) is -1.61. The third-order valence-corrected chi connectivity index (χ3v) is 4.17. The monoisotopic (exact) mass is 267 g/mol. The van der Waals surface area contributed by atoms with Crippen LogP contribution >= 0.6 is 11.3 Å². The molecule has 0 amide bonds. The van der Waals surface area contributed by atoms with Gasteiger partial charge in [-0.1, -0.05) is 12.1 Å². The summed E-state index contributed by atoms with van der Waals surface area (Å²) < 4.78 is 26.7. The zero-order chi connectivity index (χ0) is 13.3. The van der Waals surface area contributed by atoms with Gasteiger partial charge >= 0.3 is 0 Å². The van der Waals surface area contributed by atoms with Crippen molar-refractivity contribution in [2.75, 3.05) is 0 Å². The van der Waals surface area contributed by atoms with E-state index in [1.165, 1.54) is 10.9 Å². The van der Waals surface area contributed by atoms with Crippen LogP contribution in [0.1, 0.15) is 26.9 Å². The smallest absolute Gasteiger partial charge is 0.162 e. The Labute approximate surface area is 109 Å². The molecule has 1 heterocycles. The van der Waals surface area contributed by atoms with E-state index in [4.69, 9.17) is 5.73 Å². The summed E-state index contributed by atoms with van der Waals surface area (Å²) in [5, 5.41) is 0. The van der Waals surface area contributed by atoms with Crippen LogP contribution in [0.25, 0.3) is 0 Å². The highest BCUT2D eigenvalue weighted by Gasteiger charge is 2.16. The van der Waals surface area contributed by atoms with Crippen LogP contribution in [-0.4, -0.2) is 0 Å². The lowest BCUT2D eigenvalue weighted by molar-refractivity contribution is 0.494. The molecule has 4 heteroatoms. The van der Waals surface area contributed by atoms with Crippen molar-refractivity contribution < 1.29 is 8.78 Å². The highest BCUT2D eigenvalue weighted by molar-refractivity contribution is 7.12. The maximum absolute atomic E-state index is 13.6. The van der Waals surface area contributed by atoms with E-state index < -0.39 is 11.6 Å². The van der Waals surface area contributed by atoms with E-state index in [0.29, 0.717) is 12.0 Å². The number of hydrogen-bond donors (Lipinski definition) is 1. The van der Waals surface area contributed by atoms with Gasteiger partial charge in [0.1, 0.15) is 0 Å². The Balaban J connectivity index is 2.24. The molecular formula is C14H15F2NS. The van der Waals surface area contributed by atoms with Crippen molar-refractivity contribution in [3.63, 3.8) is 0 Å². The number of aryl methyl sites for hydroxylation is 2. The lowest BCUT2D eigenvalue weighted by Gasteiger charge is -2.12. The minimum absolute atomic E-state index is 0.292. The number of hydrogen-bond acceptors (Lipinski definition) is 2. The topological polar surface area (TPSA) is 26.0 Å². The van der Waals surface area contributed by atoms with Crippen LogP contribution < -0.4 is 5.73 Å². The summed E-state index contributed by atoms with van der Waals surface area (Å²) >= 11 is 1.61. The first-order chi connectivity index (χ1) is 8.49. The second kappa shape index (κ2) is 5.16. The van der Waals surface area contributed by atoms with Gasteiger partial charge in [-0.2, -0.15) is 0 Å². The third-order valence-electron chi connectivity index (χ3n) is 2.89. The van der Waals surface area contributed by atoms with Gasteiger partial charge in [-0.15, -0.1) is 11.3 Å². The van der Waals surface area contributed by atoms with Crippen LogP contribution in [0.5, 0.6) is 0 Å². The Hall–Kier alpha value is -1.26. The molecule has 1 unspecified atom stereocenters. The van der Waals surface area contributed by atoms with E-state index in [-0.39, 0.29) is 6.04 Å². The maximum atomic E-state index is 13.6. The fourth-order valence-electron chi connectivity index (χ4n) is 2.06. The fraction of sp³-hybridized carbons (Fsp3) is 0.286. The number of nitrogens with two attached hydrogens (primary N) is 1. The largest absolute Gasteiger partial charge is 0.323 e. The molecule has 0 aliphatic heterocycles. The van der Waals surface area contributed by atoms with Crippen LogP contribution in [0.3, 0.4) is 0 Å². The van der Waals surface area contributed by atoms with Crippen LogP contribution in [-0.2, 0) is 6.42 Å². The van der Waals surface area contributed by atoms with Crippen molar-refractivity contribution >= 4 is 11.3 Å². The Bertz CT molecular complexity index is 563. The molecule has 2 N–H and O–H groups in total. The van der Waals surface area contributed by atoms with Crippen molar-refractivity contribution in [1.82, 2.24) is 0 Å². The average Bonchev–Trinajstić information content (AvgIpc) is 2.64. The Morgan fingerprint density at radius 2 is 2.00 bits per heavy atom. The molecule has 0 bridgehead atoms. The van der Waals surface area contributed by atoms with Crippen molar-refractivity contribution in [2.45, 2.75) is 26.3 Å². The molecule has 18 heavy (non-hydrogen) atoms. The summed E-state index contributed by atoms with van der Waals surface area (Å²) in [5.41, 5.74) is 7.52. The van der Waals surface area contributed by atoms with Crippen LogP contribution in [0.4, 0.5) is 8.78 Å². The Kier molecular flexibility index (Phi) is 3.78. The van der Waals surface area contributed by atoms with E-state index in [9.17, 15) is 8.78 Å². The summed E-state index contributed by atoms with van der Waals surface area (Å²) in [6.45, 7) is 4.00. The van der Waals surface area contributed by atoms with E-state index >= 15 is 0 Å². The molecule has 0 saturated carbocycles. The van der Waals surface area contributed by atoms with Gasteiger partial charge in [0.25, 0.3) is 0 Å². The molecular weight excluding hydrogens is 252 g/mol. The first kappa shape index (κ1) is 13.2. The van der Waals surface area contributed by atoms with Gasteiger partial charge in [-0.3, -0.25) is 0 Å². The first-order valence-electron chi connectivity index (χ1n) is 5.74. The molecule has 0 aliphatic carbocycles. The number of halogens is 2. The first-order valence-corrected chi connectivity index (χ1v) is 6.56. The van der Waals surface area contributed by atoms with E-state index in [2.05, 4.69) is 6.07 Å². The molecule has 0 saturated heterocycles. The molecule has 1 aromatic heterocycles. The van der Waals surface area contributed by atoms with Crippen molar-refractivity contribution in [3.05, 3.63) is 56.8 Å². The van der Waals surface area contributed by atoms with Gasteiger partial charge in [0.15, 0.2) is 11.6 Å². The summed E-state index contributed by atoms with van der Waals surface area (Å²) in [6, 6.07) is 5.97. The quantitative estimate of drug-likeness (QED) is 0.897. The van der Waals surface area contributed by atoms with Crippen LogP contribution in [0, 0.1) is 25.5 Å². The van der Waals surface area contributed by atoms with Gasteiger partial charge in [0, 0.05) is 15.8 Å². The summed E-state index contributed by atoms with van der Waals surface area (Å²) in [6.07, 6.45) is 0.310. The van der Waals surface area contributed by atoms with Gasteiger partial charge < -0.3 is 5.73 Å². The fourth-order valence-corrected chi connectivity index (χ4v) is 3.10. The average molecular weight is 267 g/mol. The summed E-state index contributed by atoms with van der Waals surface area (Å²) in [7, 11) is 0. The van der Waals surface area contributed by atoms with Gasteiger partial charge in [-0.05, 0) is 43.5 Å². The zero-order valence-electron chi connectivity index (χ0n) is 10.3. The summed E-state index contributed by atoms with van der Waals surface area (Å²) in [4.78, 5) is 2.22. The second-order valence-electron chi connectivity index (χ2n) is 4.43. The predicted molar refractivity (Wildman–Crippen MR) is 70.8 cm³/mol. The molecule has 0 spiro atoms. The maximum Gasteiger partial charge on any atom is 0.162 e. The lowest BCUT2D eigenvalue weighted by Crippen LogP contribution is -2.14. The number of benzene rings is 1. The third kappa shape index (κ3) is 2.60. The molecule has 2 rings (SSSR count). The standard InChI is InChI=1S/C14H15F2NS/c1-8-6-9(2)18-14(8)12(17)7-10-4-3-5-11(15)13(10)16/h3-6,12H,7,17H2,1-2H3. The molecule has 0 fully saturated rings. The molecule has 96 valence electrons. The van der Waals surface area contributed by atoms with Crippen molar-refractivity contribution in [2.24, 2.45) is 5.73 Å². The molecule has 2 aromatic rings.